The van der Waals surface area contributed by atoms with Gasteiger partial charge in [0.1, 0.15) is 6.10 Å². The van der Waals surface area contributed by atoms with Gasteiger partial charge in [-0.3, -0.25) is 4.98 Å². The van der Waals surface area contributed by atoms with E-state index < -0.39 is 23.4 Å². The van der Waals surface area contributed by atoms with Crippen molar-refractivity contribution < 1.29 is 23.0 Å². The van der Waals surface area contributed by atoms with Crippen LogP contribution in [0.2, 0.25) is 0 Å². The lowest BCUT2D eigenvalue weighted by atomic mass is 10.1. The van der Waals surface area contributed by atoms with Crippen molar-refractivity contribution in [1.82, 2.24) is 4.98 Å². The number of halogens is 3. The van der Waals surface area contributed by atoms with E-state index in [0.29, 0.717) is 0 Å². The summed E-state index contributed by atoms with van der Waals surface area (Å²) in [7, 11) is 0. The predicted octanol–water partition coefficient (Wildman–Crippen LogP) is 2.95. The van der Waals surface area contributed by atoms with Gasteiger partial charge in [-0.05, 0) is 26.8 Å². The van der Waals surface area contributed by atoms with E-state index in [0.717, 1.165) is 18.5 Å². The van der Waals surface area contributed by atoms with E-state index in [9.17, 15) is 18.3 Å². The quantitative estimate of drug-likeness (QED) is 0.911. The molecule has 18 heavy (non-hydrogen) atoms. The van der Waals surface area contributed by atoms with Crippen molar-refractivity contribution in [2.45, 2.75) is 38.7 Å². The Labute approximate surface area is 104 Å². The molecule has 0 aliphatic rings. The van der Waals surface area contributed by atoms with Gasteiger partial charge < -0.3 is 9.84 Å². The standard InChI is InChI=1S/C12H16F3NO2/c1-11(2,3)18-7-10(17)8-6-16-5-4-9(8)12(13,14)15/h4-6,10,17H,7H2,1-3H3. The van der Waals surface area contributed by atoms with Crippen molar-refractivity contribution in [1.29, 1.82) is 0 Å². The Hall–Kier alpha value is -1.14. The average Bonchev–Trinajstić information content (AvgIpc) is 2.24. The van der Waals surface area contributed by atoms with E-state index >= 15 is 0 Å². The van der Waals surface area contributed by atoms with E-state index in [1.54, 1.807) is 20.8 Å². The van der Waals surface area contributed by atoms with E-state index in [1.807, 2.05) is 0 Å². The first-order chi connectivity index (χ1) is 8.11. The number of alkyl halides is 3. The fraction of sp³-hybridized carbons (Fsp3) is 0.583. The maximum atomic E-state index is 12.7. The summed E-state index contributed by atoms with van der Waals surface area (Å²) in [4.78, 5) is 3.61. The number of aromatic nitrogens is 1. The highest BCUT2D eigenvalue weighted by Gasteiger charge is 2.35. The fourth-order valence-corrected chi connectivity index (χ4v) is 1.35. The molecule has 0 spiro atoms. The van der Waals surface area contributed by atoms with Crippen LogP contribution in [0.5, 0.6) is 0 Å². The fourth-order valence-electron chi connectivity index (χ4n) is 1.35. The molecular weight excluding hydrogens is 247 g/mol. The second-order valence-electron chi connectivity index (χ2n) is 4.90. The molecule has 102 valence electrons. The molecule has 0 aliphatic carbocycles. The molecule has 1 aromatic heterocycles. The van der Waals surface area contributed by atoms with Crippen LogP contribution in [0.25, 0.3) is 0 Å². The molecule has 1 unspecified atom stereocenters. The van der Waals surface area contributed by atoms with Crippen molar-refractivity contribution in [3.8, 4) is 0 Å². The first-order valence-electron chi connectivity index (χ1n) is 5.44. The molecule has 0 fully saturated rings. The third kappa shape index (κ3) is 4.27. The molecular formula is C12H16F3NO2. The molecule has 3 nitrogen and oxygen atoms in total. The molecule has 6 heteroatoms. The van der Waals surface area contributed by atoms with Gasteiger partial charge in [-0.2, -0.15) is 13.2 Å². The van der Waals surface area contributed by atoms with Crippen molar-refractivity contribution >= 4 is 0 Å². The van der Waals surface area contributed by atoms with Crippen LogP contribution in [0.1, 0.15) is 38.0 Å². The second kappa shape index (κ2) is 5.24. The summed E-state index contributed by atoms with van der Waals surface area (Å²) in [6.45, 7) is 5.06. The minimum Gasteiger partial charge on any atom is -0.386 e. The van der Waals surface area contributed by atoms with Crippen molar-refractivity contribution in [3.05, 3.63) is 29.6 Å². The summed E-state index contributed by atoms with van der Waals surface area (Å²) >= 11 is 0. The normalized spacial score (nSPS) is 14.6. The number of rotatable bonds is 3. The lowest BCUT2D eigenvalue weighted by Crippen LogP contribution is -2.24. The molecule has 0 aliphatic heterocycles. The first-order valence-corrected chi connectivity index (χ1v) is 5.44. The summed E-state index contributed by atoms with van der Waals surface area (Å²) in [5.74, 6) is 0. The molecule has 0 bridgehead atoms. The van der Waals surface area contributed by atoms with Crippen LogP contribution < -0.4 is 0 Å². The van der Waals surface area contributed by atoms with Gasteiger partial charge in [-0.25, -0.2) is 0 Å². The third-order valence-electron chi connectivity index (χ3n) is 2.19. The molecule has 0 aromatic carbocycles. The number of ether oxygens (including phenoxy) is 1. The van der Waals surface area contributed by atoms with Gasteiger partial charge in [0.05, 0.1) is 17.8 Å². The minimum atomic E-state index is -4.51. The molecule has 0 saturated heterocycles. The Morgan fingerprint density at radius 2 is 1.94 bits per heavy atom. The smallest absolute Gasteiger partial charge is 0.386 e. The summed E-state index contributed by atoms with van der Waals surface area (Å²) < 4.78 is 43.4. The van der Waals surface area contributed by atoms with Crippen LogP contribution in [0.15, 0.2) is 18.5 Å². The topological polar surface area (TPSA) is 42.4 Å². The zero-order valence-corrected chi connectivity index (χ0v) is 10.5. The average molecular weight is 263 g/mol. The van der Waals surface area contributed by atoms with Gasteiger partial charge in [-0.1, -0.05) is 0 Å². The largest absolute Gasteiger partial charge is 0.416 e. The lowest BCUT2D eigenvalue weighted by Gasteiger charge is -2.23. The van der Waals surface area contributed by atoms with Crippen LogP contribution in [0, 0.1) is 0 Å². The van der Waals surface area contributed by atoms with Crippen LogP contribution in [-0.2, 0) is 10.9 Å². The van der Waals surface area contributed by atoms with E-state index in [2.05, 4.69) is 4.98 Å². The Kier molecular flexibility index (Phi) is 4.34. The highest BCUT2D eigenvalue weighted by molar-refractivity contribution is 5.28. The molecule has 0 amide bonds. The maximum absolute atomic E-state index is 12.7. The van der Waals surface area contributed by atoms with Gasteiger partial charge in [0.2, 0.25) is 0 Å². The van der Waals surface area contributed by atoms with Crippen LogP contribution >= 0.6 is 0 Å². The molecule has 0 radical (unpaired) electrons. The Morgan fingerprint density at radius 3 is 2.44 bits per heavy atom. The maximum Gasteiger partial charge on any atom is 0.416 e. The molecule has 0 saturated carbocycles. The van der Waals surface area contributed by atoms with Crippen LogP contribution in [0.3, 0.4) is 0 Å². The van der Waals surface area contributed by atoms with Gasteiger partial charge in [0, 0.05) is 18.0 Å². The van der Waals surface area contributed by atoms with E-state index in [1.165, 1.54) is 0 Å². The lowest BCUT2D eigenvalue weighted by molar-refractivity contribution is -0.140. The number of pyridine rings is 1. The first kappa shape index (κ1) is 14.9. The van der Waals surface area contributed by atoms with E-state index in [-0.39, 0.29) is 12.2 Å². The SMILES string of the molecule is CC(C)(C)OCC(O)c1cnccc1C(F)(F)F. The van der Waals surface area contributed by atoms with Crippen molar-refractivity contribution in [2.24, 2.45) is 0 Å². The number of nitrogens with zero attached hydrogens (tertiary/aromatic N) is 1. The van der Waals surface area contributed by atoms with Gasteiger partial charge >= 0.3 is 6.18 Å². The Balaban J connectivity index is 2.89. The highest BCUT2D eigenvalue weighted by atomic mass is 19.4. The number of hydrogen-bond acceptors (Lipinski definition) is 3. The monoisotopic (exact) mass is 263 g/mol. The van der Waals surface area contributed by atoms with Gasteiger partial charge in [0.25, 0.3) is 0 Å². The number of hydrogen-bond donors (Lipinski definition) is 1. The summed E-state index contributed by atoms with van der Waals surface area (Å²) in [6.07, 6.45) is -3.81. The number of aliphatic hydroxyl groups excluding tert-OH is 1. The zero-order valence-electron chi connectivity index (χ0n) is 10.5. The van der Waals surface area contributed by atoms with Crippen molar-refractivity contribution in [2.75, 3.05) is 6.61 Å². The molecule has 1 aromatic rings. The number of aliphatic hydroxyl groups is 1. The molecule has 1 rings (SSSR count). The zero-order chi connectivity index (χ0) is 14.0. The summed E-state index contributed by atoms with van der Waals surface area (Å²) in [5, 5.41) is 9.76. The second-order valence-corrected chi connectivity index (χ2v) is 4.90. The van der Waals surface area contributed by atoms with E-state index in [4.69, 9.17) is 4.74 Å². The summed E-state index contributed by atoms with van der Waals surface area (Å²) in [5.41, 5.74) is -1.68. The Bertz CT molecular complexity index is 399. The predicted molar refractivity (Wildman–Crippen MR) is 59.9 cm³/mol. The summed E-state index contributed by atoms with van der Waals surface area (Å²) in [6, 6.07) is 0.843. The van der Waals surface area contributed by atoms with Gasteiger partial charge in [0.15, 0.2) is 0 Å². The minimum absolute atomic E-state index is 0.210. The molecule has 1 atom stereocenters. The third-order valence-corrected chi connectivity index (χ3v) is 2.19. The highest BCUT2D eigenvalue weighted by Crippen LogP contribution is 2.34. The molecule has 1 N–H and O–H groups in total. The van der Waals surface area contributed by atoms with Crippen molar-refractivity contribution in [3.63, 3.8) is 0 Å². The van der Waals surface area contributed by atoms with Crippen LogP contribution in [-0.4, -0.2) is 22.3 Å². The van der Waals surface area contributed by atoms with Gasteiger partial charge in [-0.15, -0.1) is 0 Å². The van der Waals surface area contributed by atoms with Crippen LogP contribution in [0.4, 0.5) is 13.2 Å². The Morgan fingerprint density at radius 1 is 1.33 bits per heavy atom. The molecule has 1 heterocycles.